The van der Waals surface area contributed by atoms with Crippen molar-refractivity contribution in [3.8, 4) is 5.75 Å². The number of carbonyl (C=O) groups is 4. The van der Waals surface area contributed by atoms with Crippen LogP contribution in [-0.4, -0.2) is 80.6 Å². The van der Waals surface area contributed by atoms with Crippen molar-refractivity contribution in [2.45, 2.75) is 61.2 Å². The summed E-state index contributed by atoms with van der Waals surface area (Å²) in [6.45, 7) is 3.68. The number of benzene rings is 4. The third-order valence-electron chi connectivity index (χ3n) is 10.2. The zero-order valence-electron chi connectivity index (χ0n) is 32.3. The second kappa shape index (κ2) is 18.8. The monoisotopic (exact) mass is 851 g/mol. The fraction of sp³-hybridized carbons (Fsp3) is 0.286. The van der Waals surface area contributed by atoms with Gasteiger partial charge in [0.25, 0.3) is 0 Å². The maximum Gasteiger partial charge on any atom is 1.00 e. The first kappa shape index (κ1) is 44.9. The third-order valence-corrected chi connectivity index (χ3v) is 12.0. The van der Waals surface area contributed by atoms with Crippen LogP contribution in [0, 0.1) is 0 Å². The maximum absolute atomic E-state index is 13.4. The fourth-order valence-electron chi connectivity index (χ4n) is 7.53. The predicted octanol–water partition coefficient (Wildman–Crippen LogP) is 0.437. The number of carbonyl (C=O) groups excluding carboxylic acids is 4. The van der Waals surface area contributed by atoms with Crippen LogP contribution in [0.4, 0.5) is 0 Å². The number of carboxylic acids is 1. The molecule has 0 spiro atoms. The van der Waals surface area contributed by atoms with Gasteiger partial charge in [-0.15, -0.1) is 24.2 Å². The number of hydrogen-bond donors (Lipinski definition) is 2. The second-order valence-corrected chi connectivity index (χ2v) is 16.5. The van der Waals surface area contributed by atoms with Crippen LogP contribution in [0.2, 0.25) is 5.02 Å². The number of hydroxylamine groups is 2. The molecule has 2 amide bonds. The van der Waals surface area contributed by atoms with Gasteiger partial charge in [0, 0.05) is 27.6 Å². The molecule has 4 aliphatic rings. The molecule has 8 rings (SSSR count). The number of aryl methyl sites for hydroxylation is 2. The average Bonchev–Trinajstić information content (AvgIpc) is 3.71. The Morgan fingerprint density at radius 1 is 1.00 bits per heavy atom. The summed E-state index contributed by atoms with van der Waals surface area (Å²) >= 11 is 7.41. The van der Waals surface area contributed by atoms with Gasteiger partial charge in [-0.05, 0) is 80.1 Å². The summed E-state index contributed by atoms with van der Waals surface area (Å²) in [5.41, 5.74) is 4.39. The summed E-state index contributed by atoms with van der Waals surface area (Å²) in [5, 5.41) is 27.5. The van der Waals surface area contributed by atoms with Gasteiger partial charge in [0.05, 0.1) is 23.1 Å². The fourth-order valence-corrected chi connectivity index (χ4v) is 9.33. The Hall–Kier alpha value is -4.21. The van der Waals surface area contributed by atoms with Gasteiger partial charge in [-0.25, -0.2) is 10.1 Å². The van der Waals surface area contributed by atoms with Crippen LogP contribution in [0.3, 0.4) is 0 Å². The Bertz CT molecular complexity index is 2370. The van der Waals surface area contributed by atoms with Gasteiger partial charge in [-0.2, -0.15) is 0 Å². The van der Waals surface area contributed by atoms with Gasteiger partial charge < -0.3 is 24.9 Å². The summed E-state index contributed by atoms with van der Waals surface area (Å²) in [7, 11) is 1.66. The molecule has 0 aromatic heterocycles. The van der Waals surface area contributed by atoms with E-state index in [4.69, 9.17) is 16.3 Å². The zero-order valence-corrected chi connectivity index (χ0v) is 36.6. The molecule has 296 valence electrons. The Labute approximate surface area is 373 Å². The topological polar surface area (TPSA) is 164 Å². The van der Waals surface area contributed by atoms with E-state index >= 15 is 0 Å². The van der Waals surface area contributed by atoms with E-state index in [1.807, 2.05) is 54.6 Å². The van der Waals surface area contributed by atoms with Crippen molar-refractivity contribution in [3.05, 3.63) is 135 Å². The van der Waals surface area contributed by atoms with E-state index in [1.54, 1.807) is 63.4 Å². The maximum atomic E-state index is 13.4. The summed E-state index contributed by atoms with van der Waals surface area (Å²) in [6.07, 6.45) is 2.98. The molecule has 3 heterocycles. The number of nitrogens with one attached hydrogen (secondary N) is 1. The van der Waals surface area contributed by atoms with Crippen molar-refractivity contribution < 1.29 is 63.8 Å². The molecular formula is C42H40Cl2N5NaO7S. The Balaban J connectivity index is 0.000000239. The van der Waals surface area contributed by atoms with Gasteiger partial charge >= 0.3 is 35.5 Å². The number of thioether (sulfide) groups is 1. The van der Waals surface area contributed by atoms with Crippen LogP contribution in [0.1, 0.15) is 48.4 Å². The van der Waals surface area contributed by atoms with E-state index in [1.165, 1.54) is 27.3 Å². The number of amidine groups is 1. The van der Waals surface area contributed by atoms with Crippen molar-refractivity contribution in [2.75, 3.05) is 13.6 Å². The second-order valence-electron chi connectivity index (χ2n) is 14.3. The van der Waals surface area contributed by atoms with Crippen molar-refractivity contribution in [3.63, 3.8) is 0 Å². The molecule has 2 fully saturated rings. The van der Waals surface area contributed by atoms with Crippen molar-refractivity contribution in [1.29, 1.82) is 0 Å². The molecule has 0 radical (unpaired) electrons. The van der Waals surface area contributed by atoms with Crippen molar-refractivity contribution >= 4 is 71.1 Å². The molecule has 12 nitrogen and oxygen atoms in total. The number of ether oxygens (including phenoxy) is 1. The van der Waals surface area contributed by atoms with Crippen LogP contribution in [-0.2, 0) is 32.0 Å². The number of fused-ring (bicyclic) bond motifs is 3. The molecule has 2 N–H and O–H groups in total. The average molecular weight is 853 g/mol. The van der Waals surface area contributed by atoms with E-state index in [-0.39, 0.29) is 48.5 Å². The summed E-state index contributed by atoms with van der Waals surface area (Å²) in [5.74, 6) is -3.61. The summed E-state index contributed by atoms with van der Waals surface area (Å²) < 4.78 is 4.85. The molecule has 2 saturated heterocycles. The molecule has 4 atom stereocenters. The van der Waals surface area contributed by atoms with Crippen LogP contribution in [0.15, 0.2) is 107 Å². The van der Waals surface area contributed by atoms with Crippen LogP contribution < -0.4 is 55.3 Å². The Morgan fingerprint density at radius 2 is 1.67 bits per heavy atom. The van der Waals surface area contributed by atoms with Crippen molar-refractivity contribution in [2.24, 2.45) is 9.98 Å². The molecule has 0 bridgehead atoms. The smallest absolute Gasteiger partial charge is 0.548 e. The summed E-state index contributed by atoms with van der Waals surface area (Å²) in [6, 6.07) is 27.1. The number of hydrogen-bond acceptors (Lipinski definition) is 10. The number of nitrogens with zero attached hydrogens (tertiary/aromatic N) is 4. The Morgan fingerprint density at radius 3 is 2.34 bits per heavy atom. The minimum atomic E-state index is -1.33. The predicted molar refractivity (Wildman–Crippen MR) is 217 cm³/mol. The SMILES string of the molecule is CC1(C)S[C@@H]2[C@H](NC(=O)C(C(=O)Oc3ccc4c(c3)CCC4)c3ccccc3)C(=O)N2[C@H]1C(=O)[O-].CN=C1CN(O)C(c2ccccc2)=c2cc(Cl)ccc2=N1.Cl.[Na+]. The van der Waals surface area contributed by atoms with Crippen LogP contribution in [0.5, 0.6) is 5.75 Å². The number of amides is 2. The molecular weight excluding hydrogens is 812 g/mol. The van der Waals surface area contributed by atoms with Gasteiger partial charge in [0.1, 0.15) is 29.5 Å². The molecule has 0 saturated carbocycles. The normalized spacial score (nSPS) is 20.8. The van der Waals surface area contributed by atoms with E-state index in [0.29, 0.717) is 27.9 Å². The first-order chi connectivity index (χ1) is 26.9. The number of halogens is 2. The number of β-lactam (4-membered cyclic amide) rings is 1. The molecule has 58 heavy (non-hydrogen) atoms. The number of esters is 1. The number of aliphatic carboxylic acids is 1. The van der Waals surface area contributed by atoms with Gasteiger partial charge in [0.2, 0.25) is 11.8 Å². The van der Waals surface area contributed by atoms with Gasteiger partial charge in [-0.3, -0.25) is 24.6 Å². The summed E-state index contributed by atoms with van der Waals surface area (Å²) in [4.78, 5) is 60.9. The van der Waals surface area contributed by atoms with Gasteiger partial charge in [-0.1, -0.05) is 78.3 Å². The minimum Gasteiger partial charge on any atom is -0.548 e. The Kier molecular flexibility index (Phi) is 14.5. The number of rotatable bonds is 7. The largest absolute Gasteiger partial charge is 1.00 e. The molecule has 1 unspecified atom stereocenters. The van der Waals surface area contributed by atoms with E-state index < -0.39 is 51.9 Å². The first-order valence-corrected chi connectivity index (χ1v) is 19.4. The molecule has 1 aliphatic carbocycles. The van der Waals surface area contributed by atoms with E-state index in [2.05, 4.69) is 15.3 Å². The van der Waals surface area contributed by atoms with E-state index in [9.17, 15) is 29.5 Å². The molecule has 3 aliphatic heterocycles. The standard InChI is InChI=1S/C26H26N2O6S.C16H14ClN3O.ClH.Na/c1-26(2)20(24(31)32)28-22(30)19(23(28)35-26)27-21(29)18(15-7-4-3-5-8-15)25(33)34-17-12-11-14-9-6-10-16(14)13-17;1-18-15-10-20(21)16(11-5-3-2-4-6-11)13-9-12(17)7-8-14(13)19-15;;/h3-5,7-8,11-13,18-20,23H,6,9-10H2,1-2H3,(H,27,29)(H,31,32);2-9,21H,10H2,1H3;1H;/q;;;+1/p-1/t18?,19-,20+,23-;;;/m1.../s1. The van der Waals surface area contributed by atoms with Crippen LogP contribution >= 0.6 is 35.8 Å². The minimum absolute atomic E-state index is 0. The number of carboxylic acid groups (broad SMARTS) is 1. The first-order valence-electron chi connectivity index (χ1n) is 18.1. The molecule has 16 heteroatoms. The third kappa shape index (κ3) is 9.16. The zero-order chi connectivity index (χ0) is 39.7. The molecule has 4 aromatic carbocycles. The van der Waals surface area contributed by atoms with Crippen molar-refractivity contribution in [1.82, 2.24) is 15.3 Å². The molecule has 4 aromatic rings. The quantitative estimate of drug-likeness (QED) is 0.0884. The van der Waals surface area contributed by atoms with Gasteiger partial charge in [0.15, 0.2) is 5.92 Å². The van der Waals surface area contributed by atoms with Crippen LogP contribution in [0.25, 0.3) is 5.70 Å². The van der Waals surface area contributed by atoms with E-state index in [0.717, 1.165) is 41.0 Å². The number of aliphatic imine (C=N–C) groups is 1.